The van der Waals surface area contributed by atoms with Crippen molar-refractivity contribution in [2.75, 3.05) is 18.0 Å². The smallest absolute Gasteiger partial charge is 0.213 e. The molecule has 1 heterocycles. The van der Waals surface area contributed by atoms with E-state index in [2.05, 4.69) is 27.8 Å². The van der Waals surface area contributed by atoms with Crippen LogP contribution >= 0.6 is 0 Å². The summed E-state index contributed by atoms with van der Waals surface area (Å²) in [7, 11) is -3.14. The number of anilines is 1. The van der Waals surface area contributed by atoms with Crippen LogP contribution in [-0.2, 0) is 22.9 Å². The lowest BCUT2D eigenvalue weighted by molar-refractivity contribution is 0.349. The van der Waals surface area contributed by atoms with Crippen molar-refractivity contribution in [3.05, 3.63) is 29.3 Å². The van der Waals surface area contributed by atoms with E-state index in [-0.39, 0.29) is 5.25 Å². The standard InChI is InChI=1S/C18H27FN2O2S/c1-13(2)24(22,23)20-8-4-3-5-18-12-21(18)17-7-6-14-9-16(19)10-15(14)11-17/h6-7,11,13,16,18,20H,3-5,8-10,12H2,1-2H3. The number of hydrogen-bond donors (Lipinski definition) is 1. The number of fused-ring (bicyclic) bond motifs is 1. The highest BCUT2D eigenvalue weighted by molar-refractivity contribution is 7.90. The minimum absolute atomic E-state index is 0.375. The van der Waals surface area contributed by atoms with Crippen molar-refractivity contribution in [3.8, 4) is 0 Å². The molecule has 1 aliphatic heterocycles. The highest BCUT2D eigenvalue weighted by Gasteiger charge is 2.34. The van der Waals surface area contributed by atoms with E-state index in [0.717, 1.165) is 36.9 Å². The van der Waals surface area contributed by atoms with Crippen LogP contribution in [0.4, 0.5) is 10.1 Å². The third kappa shape index (κ3) is 4.09. The largest absolute Gasteiger partial charge is 0.365 e. The van der Waals surface area contributed by atoms with Gasteiger partial charge in [0.1, 0.15) is 6.17 Å². The van der Waals surface area contributed by atoms with Crippen molar-refractivity contribution in [2.24, 2.45) is 0 Å². The molecule has 0 spiro atoms. The van der Waals surface area contributed by atoms with Crippen LogP contribution in [-0.4, -0.2) is 39.0 Å². The van der Waals surface area contributed by atoms with Gasteiger partial charge in [-0.25, -0.2) is 17.5 Å². The monoisotopic (exact) mass is 354 g/mol. The highest BCUT2D eigenvalue weighted by atomic mass is 32.2. The zero-order valence-electron chi connectivity index (χ0n) is 14.5. The Bertz CT molecular complexity index is 690. The van der Waals surface area contributed by atoms with E-state index in [9.17, 15) is 12.8 Å². The maximum Gasteiger partial charge on any atom is 0.213 e. The quantitative estimate of drug-likeness (QED) is 0.577. The van der Waals surface area contributed by atoms with Crippen LogP contribution in [0.2, 0.25) is 0 Å². The Balaban J connectivity index is 1.39. The molecule has 6 heteroatoms. The molecular weight excluding hydrogens is 327 g/mol. The molecular formula is C18H27FN2O2S. The summed E-state index contributed by atoms with van der Waals surface area (Å²) in [5.41, 5.74) is 3.52. The fourth-order valence-electron chi connectivity index (χ4n) is 3.36. The summed E-state index contributed by atoms with van der Waals surface area (Å²) in [5, 5.41) is -0.375. The molecule has 0 amide bonds. The van der Waals surface area contributed by atoms with Crippen molar-refractivity contribution in [1.29, 1.82) is 0 Å². The van der Waals surface area contributed by atoms with Gasteiger partial charge in [-0.15, -0.1) is 0 Å². The molecule has 24 heavy (non-hydrogen) atoms. The predicted octanol–water partition coefficient (Wildman–Crippen LogP) is 2.81. The second kappa shape index (κ2) is 7.00. The minimum atomic E-state index is -3.14. The molecule has 1 saturated heterocycles. The number of hydrogen-bond acceptors (Lipinski definition) is 3. The van der Waals surface area contributed by atoms with Gasteiger partial charge in [0.05, 0.1) is 5.25 Å². The van der Waals surface area contributed by atoms with Crippen molar-refractivity contribution < 1.29 is 12.8 Å². The Hall–Kier alpha value is -1.14. The van der Waals surface area contributed by atoms with Gasteiger partial charge in [0, 0.05) is 37.7 Å². The van der Waals surface area contributed by atoms with E-state index in [1.807, 2.05) is 0 Å². The number of nitrogens with one attached hydrogen (secondary N) is 1. The second-order valence-corrected chi connectivity index (χ2v) is 9.57. The highest BCUT2D eigenvalue weighted by Crippen LogP contribution is 2.35. The molecule has 2 aliphatic rings. The van der Waals surface area contributed by atoms with Crippen LogP contribution in [0.1, 0.15) is 44.2 Å². The molecule has 1 aromatic rings. The fourth-order valence-corrected chi connectivity index (χ4v) is 4.12. The average Bonchev–Trinajstić information content (AvgIpc) is 3.18. The summed E-state index contributed by atoms with van der Waals surface area (Å²) >= 11 is 0. The van der Waals surface area contributed by atoms with Gasteiger partial charge < -0.3 is 4.90 Å². The summed E-state index contributed by atoms with van der Waals surface area (Å²) in [6.45, 7) is 4.94. The van der Waals surface area contributed by atoms with Gasteiger partial charge in [0.2, 0.25) is 10.0 Å². The zero-order chi connectivity index (χ0) is 17.3. The maximum absolute atomic E-state index is 13.5. The number of unbranched alkanes of at least 4 members (excludes halogenated alkanes) is 1. The number of benzene rings is 1. The van der Waals surface area contributed by atoms with E-state index in [1.165, 1.54) is 5.69 Å². The zero-order valence-corrected chi connectivity index (χ0v) is 15.3. The minimum Gasteiger partial charge on any atom is -0.365 e. The summed E-state index contributed by atoms with van der Waals surface area (Å²) < 4.78 is 39.4. The van der Waals surface area contributed by atoms with Crippen molar-refractivity contribution in [2.45, 2.75) is 63.4 Å². The summed E-state index contributed by atoms with van der Waals surface area (Å²) in [6, 6.07) is 6.87. The van der Waals surface area contributed by atoms with E-state index in [1.54, 1.807) is 13.8 Å². The van der Waals surface area contributed by atoms with Gasteiger partial charge in [-0.05, 0) is 49.9 Å². The molecule has 1 N–H and O–H groups in total. The number of halogens is 1. The summed E-state index contributed by atoms with van der Waals surface area (Å²) in [6.07, 6.45) is 3.35. The first-order valence-corrected chi connectivity index (χ1v) is 10.4. The maximum atomic E-state index is 13.5. The number of rotatable bonds is 8. The summed E-state index contributed by atoms with van der Waals surface area (Å²) in [5.74, 6) is 0. The molecule has 0 aromatic heterocycles. The summed E-state index contributed by atoms with van der Waals surface area (Å²) in [4.78, 5) is 2.35. The lowest BCUT2D eigenvalue weighted by Crippen LogP contribution is -2.31. The van der Waals surface area contributed by atoms with Crippen molar-refractivity contribution >= 4 is 15.7 Å². The van der Waals surface area contributed by atoms with Crippen molar-refractivity contribution in [3.63, 3.8) is 0 Å². The molecule has 2 unspecified atom stereocenters. The number of sulfonamides is 1. The lowest BCUT2D eigenvalue weighted by atomic mass is 10.1. The molecule has 0 bridgehead atoms. The third-order valence-electron chi connectivity index (χ3n) is 5.01. The van der Waals surface area contributed by atoms with E-state index in [0.29, 0.717) is 25.4 Å². The van der Waals surface area contributed by atoms with Crippen LogP contribution in [0.5, 0.6) is 0 Å². The first kappa shape index (κ1) is 17.7. The Morgan fingerprint density at radius 1 is 1.25 bits per heavy atom. The Kier molecular flexibility index (Phi) is 5.16. The van der Waals surface area contributed by atoms with Gasteiger partial charge in [-0.2, -0.15) is 0 Å². The third-order valence-corrected chi connectivity index (χ3v) is 6.85. The van der Waals surface area contributed by atoms with E-state index in [4.69, 9.17) is 0 Å². The van der Waals surface area contributed by atoms with Crippen LogP contribution in [0, 0.1) is 0 Å². The van der Waals surface area contributed by atoms with Gasteiger partial charge in [-0.1, -0.05) is 12.5 Å². The first-order valence-electron chi connectivity index (χ1n) is 8.88. The van der Waals surface area contributed by atoms with Crippen LogP contribution in [0.15, 0.2) is 18.2 Å². The van der Waals surface area contributed by atoms with Gasteiger partial charge in [-0.3, -0.25) is 0 Å². The first-order chi connectivity index (χ1) is 11.4. The molecule has 2 atom stereocenters. The van der Waals surface area contributed by atoms with Gasteiger partial charge in [0.25, 0.3) is 0 Å². The second-order valence-electron chi connectivity index (χ2n) is 7.25. The molecule has 0 saturated carbocycles. The lowest BCUT2D eigenvalue weighted by Gasteiger charge is -2.10. The van der Waals surface area contributed by atoms with Gasteiger partial charge >= 0.3 is 0 Å². The average molecular weight is 354 g/mol. The SMILES string of the molecule is CC(C)S(=O)(=O)NCCCCC1CN1c1ccc2c(c1)CC(F)C2. The fraction of sp³-hybridized carbons (Fsp3) is 0.667. The Morgan fingerprint density at radius 3 is 2.75 bits per heavy atom. The van der Waals surface area contributed by atoms with Crippen LogP contribution in [0.3, 0.4) is 0 Å². The van der Waals surface area contributed by atoms with Crippen LogP contribution < -0.4 is 9.62 Å². The Labute approximate surface area is 144 Å². The molecule has 134 valence electrons. The van der Waals surface area contributed by atoms with E-state index < -0.39 is 16.2 Å². The molecule has 1 fully saturated rings. The molecule has 1 aromatic carbocycles. The normalized spacial score (nSPS) is 22.9. The Morgan fingerprint density at radius 2 is 2.00 bits per heavy atom. The van der Waals surface area contributed by atoms with Crippen molar-refractivity contribution in [1.82, 2.24) is 4.72 Å². The van der Waals surface area contributed by atoms with E-state index >= 15 is 0 Å². The molecule has 0 radical (unpaired) electrons. The molecule has 3 rings (SSSR count). The molecule has 1 aliphatic carbocycles. The topological polar surface area (TPSA) is 49.2 Å². The number of alkyl halides is 1. The number of nitrogens with zero attached hydrogens (tertiary/aromatic N) is 1. The molecule has 4 nitrogen and oxygen atoms in total. The van der Waals surface area contributed by atoms with Crippen LogP contribution in [0.25, 0.3) is 0 Å². The predicted molar refractivity (Wildman–Crippen MR) is 95.8 cm³/mol. The van der Waals surface area contributed by atoms with Gasteiger partial charge in [0.15, 0.2) is 0 Å².